The molecule has 0 aliphatic carbocycles. The molecule has 2 aliphatic heterocycles. The number of carboxylic acids is 2. The van der Waals surface area contributed by atoms with Gasteiger partial charge in [-0.25, -0.2) is 0 Å². The van der Waals surface area contributed by atoms with Crippen molar-refractivity contribution in [3.05, 3.63) is 35.4 Å². The summed E-state index contributed by atoms with van der Waals surface area (Å²) in [6.45, 7) is 5.70. The van der Waals surface area contributed by atoms with E-state index in [-0.39, 0.29) is 5.92 Å². The third kappa shape index (κ3) is 9.21. The third-order valence-corrected chi connectivity index (χ3v) is 12.4. The van der Waals surface area contributed by atoms with Crippen LogP contribution in [0.5, 0.6) is 0 Å². The molecule has 2 saturated heterocycles. The number of carboxylic acid groups (broad SMARTS) is 2. The third-order valence-electron chi connectivity index (χ3n) is 9.02. The van der Waals surface area contributed by atoms with E-state index in [1.165, 1.54) is 51.4 Å². The molecule has 0 aromatic heterocycles. The van der Waals surface area contributed by atoms with E-state index in [2.05, 4.69) is 47.8 Å². The molecular formula is C32H50O4S2. The number of unbranched alkanes of at least 4 members (excludes halogenated alkanes) is 2. The summed E-state index contributed by atoms with van der Waals surface area (Å²) in [5, 5.41) is 21.2. The van der Waals surface area contributed by atoms with Crippen molar-refractivity contribution in [2.45, 2.75) is 138 Å². The van der Waals surface area contributed by atoms with Crippen molar-refractivity contribution in [1.82, 2.24) is 0 Å². The van der Waals surface area contributed by atoms with E-state index in [4.69, 9.17) is 5.11 Å². The van der Waals surface area contributed by atoms with Crippen LogP contribution >= 0.6 is 23.5 Å². The molecular weight excluding hydrogens is 512 g/mol. The van der Waals surface area contributed by atoms with E-state index in [1.807, 2.05) is 20.8 Å². The van der Waals surface area contributed by atoms with Crippen molar-refractivity contribution >= 4 is 35.5 Å². The zero-order valence-corrected chi connectivity index (χ0v) is 25.5. The first-order valence-corrected chi connectivity index (χ1v) is 17.0. The Balaban J connectivity index is 1.52. The van der Waals surface area contributed by atoms with Gasteiger partial charge in [-0.15, -0.1) is 0 Å². The number of rotatable bonds is 15. The molecule has 2 fully saturated rings. The second-order valence-electron chi connectivity index (χ2n) is 12.0. The van der Waals surface area contributed by atoms with Gasteiger partial charge in [-0.2, -0.15) is 23.5 Å². The van der Waals surface area contributed by atoms with E-state index >= 15 is 0 Å². The van der Waals surface area contributed by atoms with Crippen LogP contribution in [0.25, 0.3) is 0 Å². The average Bonchev–Trinajstić information content (AvgIpc) is 2.93. The normalized spacial score (nSPS) is 26.4. The standard InChI is InChI=1S/C32H50O4S2/c1-4-32(3,31(35)36)22-10-9-15-25-17-12-21-29(38-25)27-19-8-7-18-26(27)28-20-11-16-24(37-28)14-6-5-13-23(2)30(33)34/h7-8,18-19,23-25,28-29H,4-6,9-17,20-22H2,1-3H3,(H,33,34)(H,35,36). The second kappa shape index (κ2) is 15.6. The summed E-state index contributed by atoms with van der Waals surface area (Å²) >= 11 is 4.36. The van der Waals surface area contributed by atoms with Gasteiger partial charge in [0.2, 0.25) is 0 Å². The zero-order valence-electron chi connectivity index (χ0n) is 23.8. The van der Waals surface area contributed by atoms with Crippen molar-refractivity contribution in [3.63, 3.8) is 0 Å². The number of hydrogen-bond acceptors (Lipinski definition) is 4. The van der Waals surface area contributed by atoms with Gasteiger partial charge >= 0.3 is 11.9 Å². The largest absolute Gasteiger partial charge is 0.481 e. The number of benzene rings is 1. The van der Waals surface area contributed by atoms with Gasteiger partial charge < -0.3 is 10.2 Å². The first kappa shape index (κ1) is 31.4. The van der Waals surface area contributed by atoms with Crippen LogP contribution in [0.1, 0.15) is 139 Å². The Bertz CT molecular complexity index is 890. The summed E-state index contributed by atoms with van der Waals surface area (Å²) < 4.78 is 0. The van der Waals surface area contributed by atoms with Crippen molar-refractivity contribution in [1.29, 1.82) is 0 Å². The van der Waals surface area contributed by atoms with E-state index in [0.717, 1.165) is 38.5 Å². The van der Waals surface area contributed by atoms with Gasteiger partial charge in [-0.1, -0.05) is 76.6 Å². The maximum absolute atomic E-state index is 11.6. The van der Waals surface area contributed by atoms with E-state index in [9.17, 15) is 14.7 Å². The van der Waals surface area contributed by atoms with Crippen LogP contribution in [0.4, 0.5) is 0 Å². The molecule has 0 saturated carbocycles. The molecule has 2 aliphatic rings. The minimum absolute atomic E-state index is 0.230. The summed E-state index contributed by atoms with van der Waals surface area (Å²) in [5.74, 6) is -1.56. The average molecular weight is 563 g/mol. The molecule has 0 bridgehead atoms. The molecule has 6 heteroatoms. The van der Waals surface area contributed by atoms with Gasteiger partial charge in [-0.3, -0.25) is 9.59 Å². The molecule has 3 rings (SSSR count). The fraction of sp³-hybridized carbons (Fsp3) is 0.750. The minimum atomic E-state index is -0.672. The second-order valence-corrected chi connectivity index (χ2v) is 15.0. The van der Waals surface area contributed by atoms with Crippen molar-refractivity contribution in [2.75, 3.05) is 0 Å². The molecule has 0 amide bonds. The van der Waals surface area contributed by atoms with E-state index in [1.54, 1.807) is 11.1 Å². The van der Waals surface area contributed by atoms with Crippen LogP contribution in [-0.4, -0.2) is 32.7 Å². The Kier molecular flexibility index (Phi) is 12.9. The Morgan fingerprint density at radius 3 is 1.89 bits per heavy atom. The van der Waals surface area contributed by atoms with Crippen LogP contribution in [0.3, 0.4) is 0 Å². The summed E-state index contributed by atoms with van der Waals surface area (Å²) in [4.78, 5) is 22.7. The number of aliphatic carboxylic acids is 2. The molecule has 0 spiro atoms. The molecule has 214 valence electrons. The molecule has 0 radical (unpaired) electrons. The highest BCUT2D eigenvalue weighted by Gasteiger charge is 2.32. The molecule has 6 unspecified atom stereocenters. The quantitative estimate of drug-likeness (QED) is 0.207. The molecule has 1 aromatic carbocycles. The van der Waals surface area contributed by atoms with Crippen LogP contribution in [0.15, 0.2) is 24.3 Å². The van der Waals surface area contributed by atoms with Crippen LogP contribution in [0.2, 0.25) is 0 Å². The van der Waals surface area contributed by atoms with Crippen LogP contribution in [0, 0.1) is 11.3 Å². The topological polar surface area (TPSA) is 74.6 Å². The fourth-order valence-electron chi connectivity index (χ4n) is 6.05. The Hall–Kier alpha value is -1.14. The zero-order chi connectivity index (χ0) is 27.5. The first-order chi connectivity index (χ1) is 18.2. The molecule has 4 nitrogen and oxygen atoms in total. The minimum Gasteiger partial charge on any atom is -0.481 e. The monoisotopic (exact) mass is 562 g/mol. The number of hydrogen-bond donors (Lipinski definition) is 2. The van der Waals surface area contributed by atoms with E-state index < -0.39 is 17.4 Å². The molecule has 2 heterocycles. The highest BCUT2D eigenvalue weighted by atomic mass is 32.2. The summed E-state index contributed by atoms with van der Waals surface area (Å²) in [7, 11) is 0. The van der Waals surface area contributed by atoms with Crippen LogP contribution < -0.4 is 0 Å². The maximum atomic E-state index is 11.6. The summed E-state index contributed by atoms with van der Waals surface area (Å²) in [6, 6.07) is 9.20. The molecule has 6 atom stereocenters. The molecule has 1 aromatic rings. The van der Waals surface area contributed by atoms with Crippen molar-refractivity contribution < 1.29 is 19.8 Å². The Morgan fingerprint density at radius 1 is 0.895 bits per heavy atom. The maximum Gasteiger partial charge on any atom is 0.309 e. The fourth-order valence-corrected chi connectivity index (χ4v) is 9.51. The predicted octanol–water partition coefficient (Wildman–Crippen LogP) is 9.68. The Morgan fingerprint density at radius 2 is 1.42 bits per heavy atom. The lowest BCUT2D eigenvalue weighted by molar-refractivity contribution is -0.148. The highest BCUT2D eigenvalue weighted by molar-refractivity contribution is 8.00. The predicted molar refractivity (Wildman–Crippen MR) is 162 cm³/mol. The van der Waals surface area contributed by atoms with Crippen LogP contribution in [-0.2, 0) is 9.59 Å². The van der Waals surface area contributed by atoms with Crippen molar-refractivity contribution in [2.24, 2.45) is 11.3 Å². The summed E-state index contributed by atoms with van der Waals surface area (Å²) in [6.07, 6.45) is 16.6. The van der Waals surface area contributed by atoms with Gasteiger partial charge in [0.05, 0.1) is 11.3 Å². The smallest absolute Gasteiger partial charge is 0.309 e. The number of carbonyl (C=O) groups is 2. The highest BCUT2D eigenvalue weighted by Crippen LogP contribution is 2.50. The lowest BCUT2D eigenvalue weighted by Gasteiger charge is -2.34. The van der Waals surface area contributed by atoms with Gasteiger partial charge in [0.15, 0.2) is 0 Å². The molecule has 2 N–H and O–H groups in total. The van der Waals surface area contributed by atoms with Gasteiger partial charge in [0.25, 0.3) is 0 Å². The summed E-state index contributed by atoms with van der Waals surface area (Å²) in [5.41, 5.74) is 2.54. The first-order valence-electron chi connectivity index (χ1n) is 15.1. The Labute approximate surface area is 239 Å². The molecule has 38 heavy (non-hydrogen) atoms. The van der Waals surface area contributed by atoms with Gasteiger partial charge in [0, 0.05) is 21.0 Å². The lowest BCUT2D eigenvalue weighted by Crippen LogP contribution is -2.26. The van der Waals surface area contributed by atoms with Gasteiger partial charge in [0.1, 0.15) is 0 Å². The SMILES string of the molecule is CCC(C)(CCCCC1CCCC(c2ccccc2C2CCCC(CCCCC(C)C(=O)O)S2)S1)C(=O)O. The lowest BCUT2D eigenvalue weighted by atomic mass is 9.82. The van der Waals surface area contributed by atoms with Gasteiger partial charge in [-0.05, 0) is 75.8 Å². The van der Waals surface area contributed by atoms with Crippen molar-refractivity contribution in [3.8, 4) is 0 Å². The van der Waals surface area contributed by atoms with E-state index in [0.29, 0.717) is 27.4 Å². The number of thioether (sulfide) groups is 2.